The monoisotopic (exact) mass is 383 g/mol. The molecule has 0 atom stereocenters. The highest BCUT2D eigenvalue weighted by Gasteiger charge is 2.11. The molecule has 0 bridgehead atoms. The van der Waals surface area contributed by atoms with E-state index in [0.29, 0.717) is 13.2 Å². The average Bonchev–Trinajstić information content (AvgIpc) is 2.50. The molecule has 0 spiro atoms. The summed E-state index contributed by atoms with van der Waals surface area (Å²) >= 11 is 9.58. The zero-order chi connectivity index (χ0) is 16.1. The van der Waals surface area contributed by atoms with E-state index in [1.807, 2.05) is 44.2 Å². The molecule has 1 N–H and O–H groups in total. The van der Waals surface area contributed by atoms with E-state index in [1.54, 1.807) is 7.11 Å². The van der Waals surface area contributed by atoms with E-state index in [-0.39, 0.29) is 0 Å². The number of hydrogen-bond acceptors (Lipinski definition) is 3. The maximum atomic E-state index is 6.04. The first-order valence-electron chi connectivity index (χ1n) is 7.04. The number of halogens is 2. The van der Waals surface area contributed by atoms with Crippen molar-refractivity contribution in [1.29, 1.82) is 0 Å². The minimum atomic E-state index is 0.592. The van der Waals surface area contributed by atoms with Crippen LogP contribution in [0.2, 0.25) is 5.02 Å². The van der Waals surface area contributed by atoms with Crippen molar-refractivity contribution in [2.24, 2.45) is 0 Å². The van der Waals surface area contributed by atoms with E-state index < -0.39 is 0 Å². The summed E-state index contributed by atoms with van der Waals surface area (Å²) in [4.78, 5) is 0. The Morgan fingerprint density at radius 2 is 2.00 bits per heavy atom. The highest BCUT2D eigenvalue weighted by Crippen LogP contribution is 2.37. The lowest BCUT2D eigenvalue weighted by molar-refractivity contribution is 0.308. The van der Waals surface area contributed by atoms with E-state index in [9.17, 15) is 0 Å². The molecule has 0 saturated heterocycles. The molecule has 0 saturated carbocycles. The third-order valence-electron chi connectivity index (χ3n) is 3.26. The van der Waals surface area contributed by atoms with E-state index >= 15 is 0 Å². The summed E-state index contributed by atoms with van der Waals surface area (Å²) in [6.07, 6.45) is 0. The fraction of sp³-hybridized carbons (Fsp3) is 0.294. The van der Waals surface area contributed by atoms with Crippen LogP contribution in [0.15, 0.2) is 34.8 Å². The van der Waals surface area contributed by atoms with Gasteiger partial charge in [-0.15, -0.1) is 0 Å². The van der Waals surface area contributed by atoms with Crippen molar-refractivity contribution in [3.05, 3.63) is 51.0 Å². The molecule has 118 valence electrons. The largest absolute Gasteiger partial charge is 0.493 e. The Hall–Kier alpha value is -1.39. The Bertz CT molecular complexity index is 661. The first kappa shape index (κ1) is 17.0. The topological polar surface area (TPSA) is 30.5 Å². The molecular weight excluding hydrogens is 366 g/mol. The Kier molecular flexibility index (Phi) is 5.98. The van der Waals surface area contributed by atoms with Gasteiger partial charge in [0.2, 0.25) is 0 Å². The van der Waals surface area contributed by atoms with Crippen LogP contribution in [0.4, 0.5) is 5.69 Å². The van der Waals surface area contributed by atoms with Gasteiger partial charge in [-0.1, -0.05) is 17.7 Å². The molecule has 2 aromatic carbocycles. The summed E-state index contributed by atoms with van der Waals surface area (Å²) < 4.78 is 11.9. The van der Waals surface area contributed by atoms with Crippen molar-refractivity contribution in [1.82, 2.24) is 0 Å². The van der Waals surface area contributed by atoms with Gasteiger partial charge in [-0.2, -0.15) is 0 Å². The lowest BCUT2D eigenvalue weighted by Crippen LogP contribution is -2.03. The highest BCUT2D eigenvalue weighted by molar-refractivity contribution is 9.10. The SMILES string of the molecule is CCOc1c(Br)cc(CNc2cc(Cl)ccc2C)cc1OC. The van der Waals surface area contributed by atoms with Gasteiger partial charge in [0.15, 0.2) is 11.5 Å². The molecule has 0 unspecified atom stereocenters. The van der Waals surface area contributed by atoms with Crippen LogP contribution in [0, 0.1) is 6.92 Å². The van der Waals surface area contributed by atoms with Gasteiger partial charge in [-0.25, -0.2) is 0 Å². The minimum Gasteiger partial charge on any atom is -0.493 e. The molecule has 5 heteroatoms. The number of benzene rings is 2. The molecule has 22 heavy (non-hydrogen) atoms. The summed E-state index contributed by atoms with van der Waals surface area (Å²) in [5.41, 5.74) is 3.27. The summed E-state index contributed by atoms with van der Waals surface area (Å²) in [6.45, 7) is 5.26. The van der Waals surface area contributed by atoms with Crippen molar-refractivity contribution >= 4 is 33.2 Å². The summed E-state index contributed by atoms with van der Waals surface area (Å²) in [6, 6.07) is 9.82. The van der Waals surface area contributed by atoms with Gasteiger partial charge in [0.25, 0.3) is 0 Å². The first-order chi connectivity index (χ1) is 10.5. The number of nitrogens with one attached hydrogen (secondary N) is 1. The van der Waals surface area contributed by atoms with Crippen molar-refractivity contribution in [2.75, 3.05) is 19.0 Å². The second-order valence-electron chi connectivity index (χ2n) is 4.85. The zero-order valence-electron chi connectivity index (χ0n) is 12.9. The Morgan fingerprint density at radius 3 is 2.68 bits per heavy atom. The fourth-order valence-corrected chi connectivity index (χ4v) is 2.92. The molecule has 0 aliphatic heterocycles. The minimum absolute atomic E-state index is 0.592. The maximum absolute atomic E-state index is 6.04. The second-order valence-corrected chi connectivity index (χ2v) is 6.15. The van der Waals surface area contributed by atoms with Gasteiger partial charge >= 0.3 is 0 Å². The highest BCUT2D eigenvalue weighted by atomic mass is 79.9. The van der Waals surface area contributed by atoms with Crippen molar-refractivity contribution in [3.63, 3.8) is 0 Å². The van der Waals surface area contributed by atoms with Crippen LogP contribution >= 0.6 is 27.5 Å². The number of ether oxygens (including phenoxy) is 2. The summed E-state index contributed by atoms with van der Waals surface area (Å²) in [7, 11) is 1.64. The van der Waals surface area contributed by atoms with Gasteiger partial charge < -0.3 is 14.8 Å². The third-order valence-corrected chi connectivity index (χ3v) is 4.08. The maximum Gasteiger partial charge on any atom is 0.175 e. The third kappa shape index (κ3) is 4.08. The smallest absolute Gasteiger partial charge is 0.175 e. The predicted octanol–water partition coefficient (Wildman–Crippen LogP) is 5.43. The molecule has 0 amide bonds. The van der Waals surface area contributed by atoms with Crippen molar-refractivity contribution in [2.45, 2.75) is 20.4 Å². The zero-order valence-corrected chi connectivity index (χ0v) is 15.2. The van der Waals surface area contributed by atoms with Gasteiger partial charge in [-0.3, -0.25) is 0 Å². The lowest BCUT2D eigenvalue weighted by atomic mass is 10.1. The van der Waals surface area contributed by atoms with Gasteiger partial charge in [0.1, 0.15) is 0 Å². The average molecular weight is 385 g/mol. The van der Waals surface area contributed by atoms with E-state index in [1.165, 1.54) is 0 Å². The number of hydrogen-bond donors (Lipinski definition) is 1. The number of rotatable bonds is 6. The molecule has 2 rings (SSSR count). The molecule has 0 aromatic heterocycles. The number of methoxy groups -OCH3 is 1. The Morgan fingerprint density at radius 1 is 1.23 bits per heavy atom. The second kappa shape index (κ2) is 7.75. The van der Waals surface area contributed by atoms with Crippen molar-refractivity contribution < 1.29 is 9.47 Å². The van der Waals surface area contributed by atoms with Crippen LogP contribution in [0.25, 0.3) is 0 Å². The van der Waals surface area contributed by atoms with Crippen LogP contribution < -0.4 is 14.8 Å². The van der Waals surface area contributed by atoms with Gasteiger partial charge in [0.05, 0.1) is 18.2 Å². The first-order valence-corrected chi connectivity index (χ1v) is 8.21. The van der Waals surface area contributed by atoms with Crippen molar-refractivity contribution in [3.8, 4) is 11.5 Å². The molecule has 0 heterocycles. The summed E-state index contributed by atoms with van der Waals surface area (Å²) in [5.74, 6) is 1.45. The molecule has 2 aromatic rings. The number of anilines is 1. The fourth-order valence-electron chi connectivity index (χ4n) is 2.14. The number of aryl methyl sites for hydroxylation is 1. The standard InChI is InChI=1S/C17H19BrClNO2/c1-4-22-17-14(18)7-12(8-16(17)21-3)10-20-15-9-13(19)6-5-11(15)2/h5-9,20H,4,10H2,1-3H3. The molecule has 0 radical (unpaired) electrons. The van der Waals surface area contributed by atoms with Gasteiger partial charge in [0, 0.05) is 17.3 Å². The van der Waals surface area contributed by atoms with Crippen LogP contribution in [0.3, 0.4) is 0 Å². The van der Waals surface area contributed by atoms with Crippen LogP contribution in [0.5, 0.6) is 11.5 Å². The van der Waals surface area contributed by atoms with E-state index in [4.69, 9.17) is 21.1 Å². The molecule has 0 aliphatic carbocycles. The van der Waals surface area contributed by atoms with E-state index in [0.717, 1.165) is 37.8 Å². The normalized spacial score (nSPS) is 10.4. The Balaban J connectivity index is 2.19. The summed E-state index contributed by atoms with van der Waals surface area (Å²) in [5, 5.41) is 4.12. The molecule has 3 nitrogen and oxygen atoms in total. The van der Waals surface area contributed by atoms with Crippen LogP contribution in [0.1, 0.15) is 18.1 Å². The van der Waals surface area contributed by atoms with Crippen LogP contribution in [-0.2, 0) is 6.54 Å². The predicted molar refractivity (Wildman–Crippen MR) is 95.4 cm³/mol. The van der Waals surface area contributed by atoms with Crippen LogP contribution in [-0.4, -0.2) is 13.7 Å². The molecule has 0 fully saturated rings. The quantitative estimate of drug-likeness (QED) is 0.720. The van der Waals surface area contributed by atoms with E-state index in [2.05, 4.69) is 21.2 Å². The molecular formula is C17H19BrClNO2. The Labute approximate surface area is 144 Å². The van der Waals surface area contributed by atoms with Gasteiger partial charge in [-0.05, 0) is 65.2 Å². The molecule has 0 aliphatic rings. The lowest BCUT2D eigenvalue weighted by Gasteiger charge is -2.15.